The second-order valence-corrected chi connectivity index (χ2v) is 10.1. The van der Waals surface area contributed by atoms with Gasteiger partial charge >= 0.3 is 0 Å². The van der Waals surface area contributed by atoms with Gasteiger partial charge in [0.2, 0.25) is 0 Å². The Balaban J connectivity index is 0.000000130. The van der Waals surface area contributed by atoms with E-state index in [9.17, 15) is 0 Å². The number of nitrogens with one attached hydrogen (secondary N) is 3. The first-order chi connectivity index (χ1) is 23.2. The lowest BCUT2D eigenvalue weighted by Gasteiger charge is -1.91. The fraction of sp³-hybridized carbons (Fsp3) is 0.103. The van der Waals surface area contributed by atoms with Gasteiger partial charge in [-0.05, 0) is 67.1 Å². The van der Waals surface area contributed by atoms with Crippen LogP contribution in [0.4, 0.5) is 0 Å². The Morgan fingerprint density at radius 2 is 1.15 bits per heavy atom. The Morgan fingerprint density at radius 3 is 1.55 bits per heavy atom. The van der Waals surface area contributed by atoms with Gasteiger partial charge in [-0.15, -0.1) is 0 Å². The number of para-hydroxylation sites is 2. The van der Waals surface area contributed by atoms with Crippen LogP contribution in [0.15, 0.2) is 164 Å². The molecule has 0 aliphatic carbocycles. The summed E-state index contributed by atoms with van der Waals surface area (Å²) in [6, 6.07) is 38.3. The minimum atomic E-state index is 0.958. The number of imidazole rings is 1. The minimum Gasteiger partial charge on any atom is -0.375 e. The number of aromatic amines is 2. The van der Waals surface area contributed by atoms with Crippen molar-refractivity contribution in [1.82, 2.24) is 35.2 Å². The zero-order chi connectivity index (χ0) is 32.8. The van der Waals surface area contributed by atoms with Gasteiger partial charge < -0.3 is 15.3 Å². The molecule has 0 unspecified atom stereocenters. The summed E-state index contributed by atoms with van der Waals surface area (Å²) in [6.07, 6.45) is 14.7. The van der Waals surface area contributed by atoms with Crippen molar-refractivity contribution in [3.63, 3.8) is 0 Å². The third kappa shape index (κ3) is 12.8. The molecule has 8 heteroatoms. The van der Waals surface area contributed by atoms with Crippen molar-refractivity contribution in [2.24, 2.45) is 4.99 Å². The average Bonchev–Trinajstić information content (AvgIpc) is 3.97. The highest BCUT2D eigenvalue weighted by Gasteiger charge is 1.88. The molecule has 5 aromatic heterocycles. The van der Waals surface area contributed by atoms with Crippen LogP contribution in [0.1, 0.15) is 11.5 Å². The van der Waals surface area contributed by atoms with E-state index in [1.807, 2.05) is 136 Å². The van der Waals surface area contributed by atoms with Gasteiger partial charge in [0.25, 0.3) is 0 Å². The lowest BCUT2D eigenvalue weighted by molar-refractivity contribution is 0.965. The molecule has 0 bridgehead atoms. The van der Waals surface area contributed by atoms with Gasteiger partial charge in [0.1, 0.15) is 5.82 Å². The van der Waals surface area contributed by atoms with Crippen LogP contribution >= 0.6 is 0 Å². The maximum absolute atomic E-state index is 4.18. The molecule has 0 saturated carbocycles. The molecule has 0 atom stereocenters. The molecule has 9 rings (SSSR count). The number of pyridine rings is 3. The van der Waals surface area contributed by atoms with Crippen LogP contribution in [-0.4, -0.2) is 49.3 Å². The molecule has 0 spiro atoms. The fourth-order valence-electron chi connectivity index (χ4n) is 4.20. The van der Waals surface area contributed by atoms with Crippen molar-refractivity contribution < 1.29 is 0 Å². The molecule has 0 saturated heterocycles. The Hall–Kier alpha value is -6.15. The zero-order valence-corrected chi connectivity index (χ0v) is 26.7. The smallest absolute Gasteiger partial charge is 0.103 e. The molecule has 3 aromatic carbocycles. The molecule has 6 heterocycles. The third-order valence-electron chi connectivity index (χ3n) is 6.47. The number of aryl methyl sites for hydroxylation is 2. The van der Waals surface area contributed by atoms with Crippen molar-refractivity contribution in [2.45, 2.75) is 13.8 Å². The Bertz CT molecular complexity index is 1610. The molecular formula is C39H40N8. The fourth-order valence-corrected chi connectivity index (χ4v) is 4.20. The van der Waals surface area contributed by atoms with Crippen LogP contribution in [0.25, 0.3) is 32.6 Å². The first-order valence-electron chi connectivity index (χ1n) is 15.4. The molecule has 0 amide bonds. The van der Waals surface area contributed by atoms with E-state index in [1.165, 1.54) is 21.5 Å². The summed E-state index contributed by atoms with van der Waals surface area (Å²) in [5.74, 6) is 0.984. The van der Waals surface area contributed by atoms with E-state index < -0.39 is 0 Å². The van der Waals surface area contributed by atoms with E-state index in [0.29, 0.717) is 0 Å². The highest BCUT2D eigenvalue weighted by atomic mass is 15.0. The standard InChI is InChI=1S/3C9H7N.C5H8N2.C4H5N.C3H6N2/c2*1-2-6-9-8(4-1)5-3-7-10-9;1-2-4-9-7-10-6-5-8(9)3-1;1-4-3-6-5(2)7-4;1-2-4-5-3-1;1-2-5-3-4-1/h3*1-7H;3H,1-2H3,(H,6,7);1-5H;3H,1-2H2,(H,4,5). The van der Waals surface area contributed by atoms with Crippen LogP contribution in [0.2, 0.25) is 0 Å². The number of aliphatic imine (C=N–C) groups is 1. The van der Waals surface area contributed by atoms with Crippen molar-refractivity contribution in [1.29, 1.82) is 0 Å². The molecule has 8 nitrogen and oxygen atoms in total. The highest BCUT2D eigenvalue weighted by molar-refractivity contribution is 5.81. The minimum absolute atomic E-state index is 0.958. The molecule has 3 N–H and O–H groups in total. The number of rotatable bonds is 0. The first kappa shape index (κ1) is 33.7. The van der Waals surface area contributed by atoms with E-state index in [0.717, 1.165) is 35.6 Å². The van der Waals surface area contributed by atoms with E-state index in [2.05, 4.69) is 76.6 Å². The molecule has 0 radical (unpaired) electrons. The molecular weight excluding hydrogens is 580 g/mol. The number of aromatic nitrogens is 6. The Morgan fingerprint density at radius 1 is 0.574 bits per heavy atom. The van der Waals surface area contributed by atoms with E-state index >= 15 is 0 Å². The number of benzene rings is 3. The molecule has 1 aliphatic heterocycles. The summed E-state index contributed by atoms with van der Waals surface area (Å²) in [4.78, 5) is 26.1. The number of nitrogens with zero attached hydrogens (tertiary/aromatic N) is 5. The largest absolute Gasteiger partial charge is 0.375 e. The van der Waals surface area contributed by atoms with Crippen molar-refractivity contribution in [3.8, 4) is 0 Å². The summed E-state index contributed by atoms with van der Waals surface area (Å²) in [7, 11) is 0. The van der Waals surface area contributed by atoms with Crippen LogP contribution < -0.4 is 5.32 Å². The van der Waals surface area contributed by atoms with Gasteiger partial charge in [0.05, 0.1) is 29.6 Å². The third-order valence-corrected chi connectivity index (χ3v) is 6.47. The average molecular weight is 621 g/mol. The topological polar surface area (TPSA) is 108 Å². The SMILES string of the molecule is C1=NCCN1.Cc1c[nH]c(C)n1.c1cc[nH]c1.c1ccc2cnccc2c1.c1ccc2ncccc2c1.c1ccc2ncccc2c1. The lowest BCUT2D eigenvalue weighted by Crippen LogP contribution is -2.04. The number of H-pyrrole nitrogens is 2. The lowest BCUT2D eigenvalue weighted by atomic mass is 10.2. The van der Waals surface area contributed by atoms with Crippen molar-refractivity contribution in [2.75, 3.05) is 13.1 Å². The summed E-state index contributed by atoms with van der Waals surface area (Å²) in [5.41, 5.74) is 3.17. The van der Waals surface area contributed by atoms with E-state index in [1.54, 1.807) is 6.34 Å². The van der Waals surface area contributed by atoms with E-state index in [-0.39, 0.29) is 0 Å². The Kier molecular flexibility index (Phi) is 14.4. The van der Waals surface area contributed by atoms with Gasteiger partial charge in [-0.1, -0.05) is 72.8 Å². The predicted octanol–water partition coefficient (Wildman–Crippen LogP) is 8.36. The monoisotopic (exact) mass is 620 g/mol. The van der Waals surface area contributed by atoms with Gasteiger partial charge in [0, 0.05) is 60.7 Å². The quantitative estimate of drug-likeness (QED) is 0.158. The Labute approximate surface area is 275 Å². The molecule has 47 heavy (non-hydrogen) atoms. The van der Waals surface area contributed by atoms with Crippen molar-refractivity contribution in [3.05, 3.63) is 170 Å². The van der Waals surface area contributed by atoms with Crippen LogP contribution in [-0.2, 0) is 0 Å². The summed E-state index contributed by atoms with van der Waals surface area (Å²) in [5, 5.41) is 7.78. The molecule has 236 valence electrons. The van der Waals surface area contributed by atoms with Gasteiger partial charge in [-0.3, -0.25) is 19.9 Å². The maximum atomic E-state index is 4.18. The zero-order valence-electron chi connectivity index (χ0n) is 26.7. The maximum Gasteiger partial charge on any atom is 0.103 e. The number of hydrogen-bond acceptors (Lipinski definition) is 6. The number of fused-ring (bicyclic) bond motifs is 3. The van der Waals surface area contributed by atoms with Gasteiger partial charge in [0.15, 0.2) is 0 Å². The van der Waals surface area contributed by atoms with Crippen LogP contribution in [0, 0.1) is 13.8 Å². The highest BCUT2D eigenvalue weighted by Crippen LogP contribution is 2.10. The number of hydrogen-bond donors (Lipinski definition) is 3. The first-order valence-corrected chi connectivity index (χ1v) is 15.4. The van der Waals surface area contributed by atoms with E-state index in [4.69, 9.17) is 0 Å². The summed E-state index contributed by atoms with van der Waals surface area (Å²) >= 11 is 0. The summed E-state index contributed by atoms with van der Waals surface area (Å²) in [6.45, 7) is 5.89. The van der Waals surface area contributed by atoms with Crippen LogP contribution in [0.3, 0.4) is 0 Å². The summed E-state index contributed by atoms with van der Waals surface area (Å²) < 4.78 is 0. The molecule has 0 fully saturated rings. The van der Waals surface area contributed by atoms with Gasteiger partial charge in [-0.2, -0.15) is 0 Å². The normalized spacial score (nSPS) is 10.7. The van der Waals surface area contributed by atoms with Gasteiger partial charge in [-0.25, -0.2) is 4.98 Å². The predicted molar refractivity (Wildman–Crippen MR) is 195 cm³/mol. The molecule has 1 aliphatic rings. The van der Waals surface area contributed by atoms with Crippen LogP contribution in [0.5, 0.6) is 0 Å². The second-order valence-electron chi connectivity index (χ2n) is 10.1. The second kappa shape index (κ2) is 20.0. The van der Waals surface area contributed by atoms with Crippen molar-refractivity contribution >= 4 is 38.9 Å². The molecule has 8 aromatic rings.